The van der Waals surface area contributed by atoms with E-state index in [1.165, 1.54) is 24.4 Å². The number of aromatic nitrogens is 2. The lowest BCUT2D eigenvalue weighted by atomic mass is 10.0. The molecule has 8 heteroatoms. The highest BCUT2D eigenvalue weighted by Gasteiger charge is 2.22. The molecule has 1 aromatic carbocycles. The molecule has 0 radical (unpaired) electrons. The fourth-order valence-corrected chi connectivity index (χ4v) is 2.10. The molecule has 2 rings (SSSR count). The molecule has 0 bridgehead atoms. The Morgan fingerprint density at radius 3 is 2.39 bits per heavy atom. The van der Waals surface area contributed by atoms with Crippen LogP contribution >= 0.6 is 0 Å². The van der Waals surface area contributed by atoms with Crippen LogP contribution in [-0.4, -0.2) is 46.6 Å². The summed E-state index contributed by atoms with van der Waals surface area (Å²) in [4.78, 5) is 20.0. The molecule has 6 nitrogen and oxygen atoms in total. The Hall–Kier alpha value is -2.61. The number of carboxylic acids is 1. The normalized spacial score (nSPS) is 12.2. The monoisotopic (exact) mass is 322 g/mol. The quantitative estimate of drug-likeness (QED) is 0.848. The van der Waals surface area contributed by atoms with Gasteiger partial charge in [-0.25, -0.2) is 23.5 Å². The van der Waals surface area contributed by atoms with Gasteiger partial charge in [0.15, 0.2) is 5.69 Å². The van der Waals surface area contributed by atoms with Crippen LogP contribution in [0.2, 0.25) is 0 Å². The first-order valence-corrected chi connectivity index (χ1v) is 6.79. The maximum absolute atomic E-state index is 13.9. The van der Waals surface area contributed by atoms with Gasteiger partial charge in [0.25, 0.3) is 0 Å². The van der Waals surface area contributed by atoms with E-state index in [1.807, 2.05) is 0 Å². The Labute approximate surface area is 131 Å². The Morgan fingerprint density at radius 1 is 1.26 bits per heavy atom. The number of rotatable bonds is 6. The van der Waals surface area contributed by atoms with Crippen molar-refractivity contribution < 1.29 is 18.7 Å². The first kappa shape index (κ1) is 16.8. The molecule has 0 spiro atoms. The van der Waals surface area contributed by atoms with Crippen LogP contribution in [0.25, 0.3) is 0 Å². The molecule has 0 aliphatic heterocycles. The number of benzene rings is 1. The molecule has 1 heterocycles. The maximum Gasteiger partial charge on any atom is 0.356 e. The number of hydrogen-bond acceptors (Lipinski definition) is 5. The summed E-state index contributed by atoms with van der Waals surface area (Å²) in [6.45, 7) is 0.173. The van der Waals surface area contributed by atoms with Crippen molar-refractivity contribution in [2.24, 2.45) is 0 Å². The van der Waals surface area contributed by atoms with Crippen molar-refractivity contribution in [3.63, 3.8) is 0 Å². The van der Waals surface area contributed by atoms with Crippen molar-refractivity contribution in [3.05, 3.63) is 53.5 Å². The van der Waals surface area contributed by atoms with E-state index >= 15 is 0 Å². The minimum atomic E-state index is -1.18. The van der Waals surface area contributed by atoms with E-state index < -0.39 is 23.6 Å². The van der Waals surface area contributed by atoms with Gasteiger partial charge in [0.1, 0.15) is 17.5 Å². The zero-order chi connectivity index (χ0) is 17.0. The number of likely N-dealkylation sites (N-methyl/N-ethyl adjacent to an activating group) is 1. The fourth-order valence-electron chi connectivity index (χ4n) is 2.10. The van der Waals surface area contributed by atoms with Crippen LogP contribution in [0.1, 0.15) is 22.1 Å². The number of carbonyl (C=O) groups is 1. The van der Waals surface area contributed by atoms with Gasteiger partial charge in [-0.1, -0.05) is 6.07 Å². The number of nitrogens with one attached hydrogen (secondary N) is 1. The summed E-state index contributed by atoms with van der Waals surface area (Å²) in [7, 11) is 3.41. The number of carboxylic acid groups (broad SMARTS) is 1. The summed E-state index contributed by atoms with van der Waals surface area (Å²) in [6, 6.07) is 3.15. The zero-order valence-corrected chi connectivity index (χ0v) is 12.6. The second-order valence-corrected chi connectivity index (χ2v) is 5.09. The van der Waals surface area contributed by atoms with E-state index in [0.717, 1.165) is 6.20 Å². The highest BCUT2D eigenvalue weighted by Crippen LogP contribution is 2.24. The molecule has 0 amide bonds. The summed E-state index contributed by atoms with van der Waals surface area (Å²) in [5.41, 5.74) is -0.222. The number of hydrogen-bond donors (Lipinski definition) is 2. The lowest BCUT2D eigenvalue weighted by Gasteiger charge is -2.26. The third kappa shape index (κ3) is 3.98. The molecule has 0 saturated heterocycles. The van der Waals surface area contributed by atoms with Gasteiger partial charge in [0.05, 0.1) is 18.4 Å². The molecule has 1 atom stereocenters. The molecule has 0 aliphatic rings. The summed E-state index contributed by atoms with van der Waals surface area (Å²) in [6.07, 6.45) is 2.37. The van der Waals surface area contributed by atoms with Crippen molar-refractivity contribution in [1.29, 1.82) is 0 Å². The van der Waals surface area contributed by atoms with E-state index in [1.54, 1.807) is 19.0 Å². The minimum absolute atomic E-state index is 0.0416. The topological polar surface area (TPSA) is 78.4 Å². The van der Waals surface area contributed by atoms with Crippen molar-refractivity contribution in [3.8, 4) is 0 Å². The molecule has 2 aromatic rings. The fraction of sp³-hybridized carbons (Fsp3) is 0.267. The van der Waals surface area contributed by atoms with Crippen LogP contribution < -0.4 is 5.32 Å². The van der Waals surface area contributed by atoms with Crippen molar-refractivity contribution in [1.82, 2.24) is 14.9 Å². The van der Waals surface area contributed by atoms with E-state index in [0.29, 0.717) is 5.82 Å². The predicted molar refractivity (Wildman–Crippen MR) is 80.3 cm³/mol. The second kappa shape index (κ2) is 7.10. The molecule has 0 aliphatic carbocycles. The highest BCUT2D eigenvalue weighted by molar-refractivity contribution is 5.84. The lowest BCUT2D eigenvalue weighted by Crippen LogP contribution is -2.29. The minimum Gasteiger partial charge on any atom is -0.476 e. The number of halogens is 2. The van der Waals surface area contributed by atoms with E-state index in [9.17, 15) is 13.6 Å². The number of aromatic carboxylic acids is 1. The molecular weight excluding hydrogens is 306 g/mol. The van der Waals surface area contributed by atoms with Crippen molar-refractivity contribution in [2.45, 2.75) is 6.04 Å². The molecule has 2 N–H and O–H groups in total. The average molecular weight is 322 g/mol. The third-order valence-corrected chi connectivity index (χ3v) is 3.30. The Balaban J connectivity index is 2.16. The SMILES string of the molecule is CN(C)C(CNc1cnc(C(=O)O)cn1)c1c(F)cccc1F. The summed E-state index contributed by atoms with van der Waals surface area (Å²) < 4.78 is 27.9. The van der Waals surface area contributed by atoms with Gasteiger partial charge in [0.2, 0.25) is 0 Å². The molecule has 0 fully saturated rings. The van der Waals surface area contributed by atoms with Gasteiger partial charge in [-0.3, -0.25) is 0 Å². The second-order valence-electron chi connectivity index (χ2n) is 5.09. The van der Waals surface area contributed by atoms with Gasteiger partial charge >= 0.3 is 5.97 Å². The van der Waals surface area contributed by atoms with Crippen LogP contribution in [0, 0.1) is 11.6 Å². The Morgan fingerprint density at radius 2 is 1.91 bits per heavy atom. The van der Waals surface area contributed by atoms with E-state index in [4.69, 9.17) is 5.11 Å². The molecule has 122 valence electrons. The first-order chi connectivity index (χ1) is 10.9. The lowest BCUT2D eigenvalue weighted by molar-refractivity contribution is 0.0690. The number of anilines is 1. The zero-order valence-electron chi connectivity index (χ0n) is 12.6. The summed E-state index contributed by atoms with van der Waals surface area (Å²) in [5, 5.41) is 11.7. The Kier molecular flexibility index (Phi) is 5.17. The van der Waals surface area contributed by atoms with Crippen LogP contribution in [0.5, 0.6) is 0 Å². The molecule has 23 heavy (non-hydrogen) atoms. The standard InChI is InChI=1S/C15H16F2N4O2/c1-21(2)12(14-9(16)4-3-5-10(14)17)7-20-13-8-18-11(6-19-13)15(22)23/h3-6,8,12H,7H2,1-2H3,(H,19,20)(H,22,23). The van der Waals surface area contributed by atoms with Crippen molar-refractivity contribution in [2.75, 3.05) is 26.0 Å². The Bertz CT molecular complexity index is 672. The first-order valence-electron chi connectivity index (χ1n) is 6.79. The molecule has 1 aromatic heterocycles. The predicted octanol–water partition coefficient (Wildman–Crippen LogP) is 2.17. The maximum atomic E-state index is 13.9. The van der Waals surface area contributed by atoms with Gasteiger partial charge < -0.3 is 15.3 Å². The van der Waals surface area contributed by atoms with Crippen LogP contribution in [0.3, 0.4) is 0 Å². The van der Waals surface area contributed by atoms with Gasteiger partial charge in [0, 0.05) is 12.1 Å². The van der Waals surface area contributed by atoms with Gasteiger partial charge in [-0.05, 0) is 26.2 Å². The van der Waals surface area contributed by atoms with E-state index in [2.05, 4.69) is 15.3 Å². The summed E-state index contributed by atoms with van der Waals surface area (Å²) >= 11 is 0. The molecule has 1 unspecified atom stereocenters. The van der Waals surface area contributed by atoms with Gasteiger partial charge in [-0.15, -0.1) is 0 Å². The number of nitrogens with zero attached hydrogens (tertiary/aromatic N) is 3. The largest absolute Gasteiger partial charge is 0.476 e. The third-order valence-electron chi connectivity index (χ3n) is 3.30. The van der Waals surface area contributed by atoms with Crippen LogP contribution in [-0.2, 0) is 0 Å². The van der Waals surface area contributed by atoms with Crippen molar-refractivity contribution >= 4 is 11.8 Å². The smallest absolute Gasteiger partial charge is 0.356 e. The summed E-state index contributed by atoms with van der Waals surface area (Å²) in [5.74, 6) is -2.11. The van der Waals surface area contributed by atoms with Crippen LogP contribution in [0.4, 0.5) is 14.6 Å². The van der Waals surface area contributed by atoms with Gasteiger partial charge in [-0.2, -0.15) is 0 Å². The molecular formula is C15H16F2N4O2. The van der Waals surface area contributed by atoms with E-state index in [-0.39, 0.29) is 17.8 Å². The molecule has 0 saturated carbocycles. The highest BCUT2D eigenvalue weighted by atomic mass is 19.1. The average Bonchev–Trinajstić information content (AvgIpc) is 2.50. The van der Waals surface area contributed by atoms with Crippen LogP contribution in [0.15, 0.2) is 30.6 Å².